The Balaban J connectivity index is 1.24. The van der Waals surface area contributed by atoms with Crippen molar-refractivity contribution in [2.75, 3.05) is 0 Å². The van der Waals surface area contributed by atoms with Gasteiger partial charge in [-0.3, -0.25) is 4.79 Å². The third kappa shape index (κ3) is 3.35. The maximum Gasteiger partial charge on any atom is 0.157 e. The Hall–Kier alpha value is -1.93. The fourth-order valence-corrected chi connectivity index (χ4v) is 9.48. The Morgan fingerprint density at radius 2 is 1.86 bits per heavy atom. The summed E-state index contributed by atoms with van der Waals surface area (Å²) in [5.41, 5.74) is 6.20. The molecule has 2 aromatic rings. The van der Waals surface area contributed by atoms with Crippen molar-refractivity contribution in [3.05, 3.63) is 23.8 Å². The number of aliphatic hydroxyl groups is 1. The number of Topliss-reactive ketones (excluding diaryl/α,β-unsaturated/α-hetero) is 1. The first-order valence-corrected chi connectivity index (χ1v) is 13.6. The summed E-state index contributed by atoms with van der Waals surface area (Å²) in [6.07, 6.45) is 8.31. The van der Waals surface area contributed by atoms with E-state index in [0.29, 0.717) is 24.2 Å². The molecule has 1 aromatic carbocycles. The van der Waals surface area contributed by atoms with Crippen molar-refractivity contribution in [3.63, 3.8) is 0 Å². The zero-order valence-corrected chi connectivity index (χ0v) is 21.6. The molecule has 0 aliphatic heterocycles. The van der Waals surface area contributed by atoms with Crippen LogP contribution in [0.5, 0.6) is 0 Å². The number of fused-ring (bicyclic) bond motifs is 6. The van der Waals surface area contributed by atoms with Gasteiger partial charge < -0.3 is 10.8 Å². The first-order chi connectivity index (χ1) is 16.9. The van der Waals surface area contributed by atoms with Gasteiger partial charge in [0, 0.05) is 23.6 Å². The molecular weight excluding hydrogens is 462 g/mol. The van der Waals surface area contributed by atoms with E-state index in [1.165, 1.54) is 10.7 Å². The molecular formula is C28H38F2N4O2. The number of carbonyl (C=O) groups excluding carboxylic acids is 1. The Morgan fingerprint density at radius 3 is 2.64 bits per heavy atom. The number of nitrogens with two attached hydrogens (primary N) is 1. The maximum atomic E-state index is 14.1. The second-order valence-corrected chi connectivity index (χ2v) is 13.3. The summed E-state index contributed by atoms with van der Waals surface area (Å²) in [6, 6.07) is 1.98. The van der Waals surface area contributed by atoms with E-state index in [0.717, 1.165) is 57.4 Å². The van der Waals surface area contributed by atoms with E-state index in [-0.39, 0.29) is 45.6 Å². The highest BCUT2D eigenvalue weighted by atomic mass is 19.1. The fraction of sp³-hybridized carbons (Fsp3) is 0.750. The Morgan fingerprint density at radius 1 is 1.08 bits per heavy atom. The second-order valence-electron chi connectivity index (χ2n) is 13.3. The molecule has 1 unspecified atom stereocenters. The van der Waals surface area contributed by atoms with E-state index in [1.807, 2.05) is 6.92 Å². The van der Waals surface area contributed by atoms with Crippen molar-refractivity contribution in [2.24, 2.45) is 40.2 Å². The van der Waals surface area contributed by atoms with Crippen molar-refractivity contribution in [1.82, 2.24) is 15.0 Å². The van der Waals surface area contributed by atoms with E-state index in [2.05, 4.69) is 24.2 Å². The van der Waals surface area contributed by atoms with Gasteiger partial charge in [0.25, 0.3) is 0 Å². The van der Waals surface area contributed by atoms with E-state index >= 15 is 0 Å². The van der Waals surface area contributed by atoms with Crippen LogP contribution < -0.4 is 5.73 Å². The largest absolute Gasteiger partial charge is 0.390 e. The number of aromatic nitrogens is 3. The molecule has 4 aliphatic rings. The zero-order valence-electron chi connectivity index (χ0n) is 21.6. The summed E-state index contributed by atoms with van der Waals surface area (Å²) in [6.45, 7) is 6.58. The van der Waals surface area contributed by atoms with Crippen LogP contribution in [0.1, 0.15) is 78.6 Å². The van der Waals surface area contributed by atoms with Crippen LogP contribution in [-0.4, -0.2) is 37.0 Å². The van der Waals surface area contributed by atoms with Gasteiger partial charge in [-0.25, -0.2) is 13.5 Å². The zero-order chi connectivity index (χ0) is 25.7. The van der Waals surface area contributed by atoms with Crippen molar-refractivity contribution in [1.29, 1.82) is 0 Å². The molecule has 8 heteroatoms. The molecule has 4 saturated carbocycles. The monoisotopic (exact) mass is 500 g/mol. The number of rotatable bonds is 3. The van der Waals surface area contributed by atoms with Gasteiger partial charge in [0.15, 0.2) is 11.6 Å². The highest BCUT2D eigenvalue weighted by molar-refractivity contribution is 5.84. The van der Waals surface area contributed by atoms with Crippen LogP contribution in [0.15, 0.2) is 12.1 Å². The van der Waals surface area contributed by atoms with Gasteiger partial charge in [-0.1, -0.05) is 19.1 Å². The smallest absolute Gasteiger partial charge is 0.157 e. The lowest BCUT2D eigenvalue weighted by Gasteiger charge is -2.65. The molecule has 0 radical (unpaired) electrons. The average molecular weight is 501 g/mol. The van der Waals surface area contributed by atoms with Gasteiger partial charge in [-0.05, 0) is 93.3 Å². The first-order valence-electron chi connectivity index (χ1n) is 13.6. The van der Waals surface area contributed by atoms with Crippen molar-refractivity contribution in [2.45, 2.75) is 96.2 Å². The van der Waals surface area contributed by atoms with Crippen LogP contribution in [0.2, 0.25) is 0 Å². The number of nitrogens with zero attached hydrogens (tertiary/aromatic N) is 3. The Bertz CT molecular complexity index is 1230. The maximum absolute atomic E-state index is 14.1. The molecule has 1 heterocycles. The van der Waals surface area contributed by atoms with Crippen LogP contribution in [0.4, 0.5) is 8.78 Å². The van der Waals surface area contributed by atoms with Crippen molar-refractivity contribution >= 4 is 16.8 Å². The lowest BCUT2D eigenvalue weighted by molar-refractivity contribution is -0.160. The fourth-order valence-electron chi connectivity index (χ4n) is 9.48. The minimum absolute atomic E-state index is 0.00704. The molecule has 0 saturated heterocycles. The third-order valence-electron chi connectivity index (χ3n) is 11.4. The third-order valence-corrected chi connectivity index (χ3v) is 11.4. The minimum atomic E-state index is -0.763. The lowest BCUT2D eigenvalue weighted by Crippen LogP contribution is -2.68. The van der Waals surface area contributed by atoms with Crippen LogP contribution in [0.25, 0.3) is 11.0 Å². The predicted molar refractivity (Wildman–Crippen MR) is 132 cm³/mol. The minimum Gasteiger partial charge on any atom is -0.390 e. The molecule has 0 amide bonds. The van der Waals surface area contributed by atoms with Gasteiger partial charge in [-0.15, -0.1) is 5.10 Å². The number of halogens is 2. The molecule has 8 atom stereocenters. The van der Waals surface area contributed by atoms with E-state index in [1.54, 1.807) is 0 Å². The van der Waals surface area contributed by atoms with Gasteiger partial charge in [-0.2, -0.15) is 0 Å². The predicted octanol–water partition coefficient (Wildman–Crippen LogP) is 4.77. The second kappa shape index (κ2) is 7.79. The average Bonchev–Trinajstić information content (AvgIpc) is 3.35. The molecule has 6 nitrogen and oxygen atoms in total. The quantitative estimate of drug-likeness (QED) is 0.633. The molecule has 0 bridgehead atoms. The van der Waals surface area contributed by atoms with Gasteiger partial charge >= 0.3 is 0 Å². The van der Waals surface area contributed by atoms with E-state index in [9.17, 15) is 18.7 Å². The van der Waals surface area contributed by atoms with Gasteiger partial charge in [0.1, 0.15) is 17.9 Å². The number of ketones is 1. The highest BCUT2D eigenvalue weighted by Crippen LogP contribution is 2.68. The normalized spacial score (nSPS) is 44.2. The summed E-state index contributed by atoms with van der Waals surface area (Å²) in [4.78, 5) is 13.6. The number of hydrogen-bond donors (Lipinski definition) is 2. The van der Waals surface area contributed by atoms with Crippen LogP contribution in [0.3, 0.4) is 0 Å². The molecule has 36 heavy (non-hydrogen) atoms. The summed E-state index contributed by atoms with van der Waals surface area (Å²) >= 11 is 0. The van der Waals surface area contributed by atoms with Gasteiger partial charge in [0.05, 0.1) is 11.1 Å². The first kappa shape index (κ1) is 24.4. The number of benzene rings is 1. The molecule has 1 aromatic heterocycles. The molecule has 4 aliphatic carbocycles. The molecule has 6 rings (SSSR count). The number of carbonyl (C=O) groups is 1. The summed E-state index contributed by atoms with van der Waals surface area (Å²) in [5.74, 6) is 0.0565. The Kier molecular flexibility index (Phi) is 5.28. The highest BCUT2D eigenvalue weighted by Gasteiger charge is 2.65. The number of hydrogen-bond acceptors (Lipinski definition) is 5. The van der Waals surface area contributed by atoms with Gasteiger partial charge in [0.2, 0.25) is 0 Å². The SMILES string of the molecule is CC12CC[C@@](C)(O)C[C@]1(N)CC[C@@H]1[C@@H]2CC[C@]2(C)[C@@H](C(=O)Cn3nnc4c(F)cc(F)cc43)CC[C@@H]12. The van der Waals surface area contributed by atoms with Crippen molar-refractivity contribution < 1.29 is 18.7 Å². The topological polar surface area (TPSA) is 94.0 Å². The molecule has 196 valence electrons. The lowest BCUT2D eigenvalue weighted by atomic mass is 9.41. The summed E-state index contributed by atoms with van der Waals surface area (Å²) < 4.78 is 29.3. The van der Waals surface area contributed by atoms with E-state index in [4.69, 9.17) is 5.73 Å². The molecule has 3 N–H and O–H groups in total. The molecule has 0 spiro atoms. The van der Waals surface area contributed by atoms with Crippen LogP contribution in [0, 0.1) is 46.1 Å². The summed E-state index contributed by atoms with van der Waals surface area (Å²) in [5, 5.41) is 18.6. The summed E-state index contributed by atoms with van der Waals surface area (Å²) in [7, 11) is 0. The van der Waals surface area contributed by atoms with Crippen molar-refractivity contribution in [3.8, 4) is 0 Å². The van der Waals surface area contributed by atoms with Crippen LogP contribution in [-0.2, 0) is 11.3 Å². The standard InChI is InChI=1S/C28H38F2N4O2/c1-25(36)10-11-27(3)19-7-8-26(2)18(17(19)6-9-28(27,31)15-25)4-5-20(26)23(35)14-34-22-13-16(29)12-21(30)24(22)32-33-34/h12-13,17-20,36H,4-11,14-15,31H2,1-3H3/t17-,18-,19-,20+,25+,26-,27?,28+/m0/s1. The van der Waals surface area contributed by atoms with Crippen LogP contribution >= 0.6 is 0 Å². The van der Waals surface area contributed by atoms with E-state index < -0.39 is 17.2 Å². The Labute approximate surface area is 211 Å². The molecule has 4 fully saturated rings.